The molecule has 3 N–H and O–H groups in total. The first-order chi connectivity index (χ1) is 14.5. The van der Waals surface area contributed by atoms with Gasteiger partial charge in [-0.05, 0) is 61.3 Å². The Morgan fingerprint density at radius 2 is 1.84 bits per heavy atom. The van der Waals surface area contributed by atoms with E-state index in [1.165, 1.54) is 6.42 Å². The van der Waals surface area contributed by atoms with E-state index < -0.39 is 35.3 Å². The normalized spacial score (nSPS) is 53.1. The van der Waals surface area contributed by atoms with Gasteiger partial charge in [-0.2, -0.15) is 0 Å². The predicted molar refractivity (Wildman–Crippen MR) is 112 cm³/mol. The Labute approximate surface area is 183 Å². The number of aliphatic hydroxyl groups is 3. The van der Waals surface area contributed by atoms with E-state index in [1.54, 1.807) is 11.1 Å². The highest BCUT2D eigenvalue weighted by Gasteiger charge is 2.79. The molecule has 0 aromatic carbocycles. The lowest BCUT2D eigenvalue weighted by atomic mass is 9.52. The van der Waals surface area contributed by atoms with Gasteiger partial charge >= 0.3 is 0 Å². The number of ether oxygens (including phenoxy) is 2. The van der Waals surface area contributed by atoms with E-state index in [4.69, 9.17) is 9.47 Å². The molecule has 0 spiro atoms. The highest BCUT2D eigenvalue weighted by molar-refractivity contribution is 6.03. The molecular weight excluding hydrogens is 396 g/mol. The number of aliphatic hydroxyl groups excluding tert-OH is 1. The van der Waals surface area contributed by atoms with Crippen molar-refractivity contribution < 1.29 is 29.6 Å². The van der Waals surface area contributed by atoms with Crippen LogP contribution in [-0.2, 0) is 14.3 Å². The summed E-state index contributed by atoms with van der Waals surface area (Å²) >= 11 is 0. The van der Waals surface area contributed by atoms with E-state index in [9.17, 15) is 20.1 Å². The molecular formula is C25H34O6. The second-order valence-electron chi connectivity index (χ2n) is 11.8. The first kappa shape index (κ1) is 20.4. The number of allylic oxidation sites excluding steroid dienone is 2. The summed E-state index contributed by atoms with van der Waals surface area (Å²) in [6.07, 6.45) is 4.21. The van der Waals surface area contributed by atoms with Gasteiger partial charge in [-0.1, -0.05) is 38.8 Å². The third-order valence-electron chi connectivity index (χ3n) is 10.1. The van der Waals surface area contributed by atoms with Crippen molar-refractivity contribution in [3.05, 3.63) is 22.5 Å². The van der Waals surface area contributed by atoms with Crippen LogP contribution < -0.4 is 0 Å². The van der Waals surface area contributed by atoms with Crippen molar-refractivity contribution in [3.63, 3.8) is 0 Å². The molecule has 31 heavy (non-hydrogen) atoms. The van der Waals surface area contributed by atoms with Gasteiger partial charge in [-0.3, -0.25) is 4.79 Å². The van der Waals surface area contributed by atoms with Crippen molar-refractivity contribution in [2.45, 2.75) is 89.8 Å². The zero-order chi connectivity index (χ0) is 22.1. The maximum Gasteiger partial charge on any atom is 0.234 e. The molecule has 4 fully saturated rings. The van der Waals surface area contributed by atoms with E-state index in [1.807, 2.05) is 0 Å². The van der Waals surface area contributed by atoms with Gasteiger partial charge in [0.25, 0.3) is 0 Å². The Balaban J connectivity index is 1.56. The molecule has 6 aliphatic rings. The lowest BCUT2D eigenvalue weighted by Gasteiger charge is -2.53. The van der Waals surface area contributed by atoms with Gasteiger partial charge in [0.05, 0.1) is 12.7 Å². The first-order valence-corrected chi connectivity index (χ1v) is 11.9. The zero-order valence-corrected chi connectivity index (χ0v) is 18.9. The van der Waals surface area contributed by atoms with Crippen molar-refractivity contribution in [2.24, 2.45) is 28.6 Å². The van der Waals surface area contributed by atoms with Crippen LogP contribution in [0.4, 0.5) is 0 Å². The fraction of sp³-hybridized carbons (Fsp3) is 0.800. The molecule has 170 valence electrons. The Kier molecular flexibility index (Phi) is 3.83. The zero-order valence-electron chi connectivity index (χ0n) is 18.9. The highest BCUT2D eigenvalue weighted by atomic mass is 16.7. The average Bonchev–Trinajstić information content (AvgIpc) is 3.28. The summed E-state index contributed by atoms with van der Waals surface area (Å²) in [5.41, 5.74) is -0.408. The quantitative estimate of drug-likeness (QED) is 0.553. The van der Waals surface area contributed by atoms with Crippen LogP contribution >= 0.6 is 0 Å². The molecule has 0 aromatic heterocycles. The molecule has 6 heteroatoms. The average molecular weight is 431 g/mol. The van der Waals surface area contributed by atoms with E-state index >= 15 is 0 Å². The molecule has 0 aromatic rings. The van der Waals surface area contributed by atoms with Gasteiger partial charge < -0.3 is 24.8 Å². The lowest BCUT2D eigenvalue weighted by Crippen LogP contribution is -2.67. The molecule has 6 rings (SSSR count). The number of Topliss-reactive ketones (excluding diaryl/α,β-unsaturated/α-hetero) is 1. The molecule has 6 nitrogen and oxygen atoms in total. The third-order valence-corrected chi connectivity index (χ3v) is 10.1. The molecule has 0 radical (unpaired) electrons. The van der Waals surface area contributed by atoms with E-state index in [0.717, 1.165) is 25.7 Å². The fourth-order valence-electron chi connectivity index (χ4n) is 8.35. The van der Waals surface area contributed by atoms with Crippen LogP contribution in [0, 0.1) is 28.6 Å². The molecule has 2 heterocycles. The van der Waals surface area contributed by atoms with E-state index in [-0.39, 0.29) is 29.1 Å². The molecule has 2 saturated heterocycles. The molecule has 8 atom stereocenters. The van der Waals surface area contributed by atoms with Crippen LogP contribution in [0.15, 0.2) is 22.5 Å². The monoisotopic (exact) mass is 430 g/mol. The van der Waals surface area contributed by atoms with Gasteiger partial charge in [-0.25, -0.2) is 0 Å². The second kappa shape index (κ2) is 5.82. The predicted octanol–water partition coefficient (Wildman–Crippen LogP) is 3.18. The molecule has 0 unspecified atom stereocenters. The fourth-order valence-corrected chi connectivity index (χ4v) is 8.35. The Morgan fingerprint density at radius 1 is 1.10 bits per heavy atom. The first-order valence-electron chi connectivity index (χ1n) is 11.9. The largest absolute Gasteiger partial charge is 0.504 e. The van der Waals surface area contributed by atoms with Crippen molar-refractivity contribution in [1.29, 1.82) is 0 Å². The van der Waals surface area contributed by atoms with Crippen LogP contribution in [-0.4, -0.2) is 51.3 Å². The van der Waals surface area contributed by atoms with Gasteiger partial charge in [0, 0.05) is 11.3 Å². The number of carbonyl (C=O) groups is 1. The number of carbonyl (C=O) groups excluding carboxylic acids is 1. The van der Waals surface area contributed by atoms with Gasteiger partial charge in [0.2, 0.25) is 5.78 Å². The summed E-state index contributed by atoms with van der Waals surface area (Å²) in [6.45, 7) is 8.85. The molecule has 4 aliphatic carbocycles. The number of hydrogen-bond acceptors (Lipinski definition) is 6. The summed E-state index contributed by atoms with van der Waals surface area (Å²) < 4.78 is 12.1. The highest BCUT2D eigenvalue weighted by Crippen LogP contribution is 2.69. The van der Waals surface area contributed by atoms with Crippen LogP contribution in [0.2, 0.25) is 0 Å². The van der Waals surface area contributed by atoms with Gasteiger partial charge in [-0.15, -0.1) is 0 Å². The Morgan fingerprint density at radius 3 is 2.55 bits per heavy atom. The summed E-state index contributed by atoms with van der Waals surface area (Å²) in [5.74, 6) is -1.10. The van der Waals surface area contributed by atoms with Crippen molar-refractivity contribution >= 4 is 5.78 Å². The summed E-state index contributed by atoms with van der Waals surface area (Å²) in [5, 5.41) is 33.9. The topological polar surface area (TPSA) is 96.2 Å². The molecule has 0 bridgehead atoms. The van der Waals surface area contributed by atoms with Crippen molar-refractivity contribution in [3.8, 4) is 0 Å². The van der Waals surface area contributed by atoms with Crippen LogP contribution in [0.1, 0.15) is 66.2 Å². The van der Waals surface area contributed by atoms with Crippen molar-refractivity contribution in [2.75, 3.05) is 6.61 Å². The smallest absolute Gasteiger partial charge is 0.234 e. The van der Waals surface area contributed by atoms with Crippen LogP contribution in [0.5, 0.6) is 0 Å². The van der Waals surface area contributed by atoms with Crippen molar-refractivity contribution in [1.82, 2.24) is 0 Å². The molecule has 2 saturated carbocycles. The number of rotatable bonds is 1. The van der Waals surface area contributed by atoms with E-state index in [0.29, 0.717) is 17.9 Å². The molecule has 0 amide bonds. The number of hydrogen-bond donors (Lipinski definition) is 3. The standard InChI is InChI=1S/C25H34O6/c1-12(2)13-7-8-22(3)9-10-23(4)15(16(13)22)6-5-14-17-20(23)31-21-25(17,29)24(28,11-30-21)19(27)18(14)26/h12,15,17,20-21,26,28-29H,5-11H2,1-4H3/t15-,17-,20+,21+,22-,23-,24+,25+/m1/s1. The lowest BCUT2D eigenvalue weighted by molar-refractivity contribution is -0.188. The Hall–Kier alpha value is -1.21. The SMILES string of the molecule is CC(C)C1=C2[C@H]3CCC4=C(O)C(=O)[C@@]5(O)CO[C@H]6O[C@@H]([C@@H]4[C@]65O)[C@]3(C)CC[C@@]2(C)CC1. The summed E-state index contributed by atoms with van der Waals surface area (Å²) in [4.78, 5) is 13.0. The minimum atomic E-state index is -2.15. The van der Waals surface area contributed by atoms with Crippen LogP contribution in [0.25, 0.3) is 0 Å². The summed E-state index contributed by atoms with van der Waals surface area (Å²) in [6, 6.07) is 0. The molecule has 2 aliphatic heterocycles. The van der Waals surface area contributed by atoms with Gasteiger partial charge in [0.1, 0.15) is 0 Å². The minimum absolute atomic E-state index is 0.189. The Bertz CT molecular complexity index is 950. The van der Waals surface area contributed by atoms with Crippen LogP contribution in [0.3, 0.4) is 0 Å². The maximum absolute atomic E-state index is 13.0. The number of fused-ring (bicyclic) bond motifs is 4. The van der Waals surface area contributed by atoms with Gasteiger partial charge in [0.15, 0.2) is 23.3 Å². The third kappa shape index (κ3) is 2.07. The number of ketones is 1. The second-order valence-corrected chi connectivity index (χ2v) is 11.8. The summed E-state index contributed by atoms with van der Waals surface area (Å²) in [7, 11) is 0. The minimum Gasteiger partial charge on any atom is -0.504 e. The van der Waals surface area contributed by atoms with E-state index in [2.05, 4.69) is 27.7 Å². The maximum atomic E-state index is 13.0.